The lowest BCUT2D eigenvalue weighted by atomic mass is 10.3. The maximum absolute atomic E-state index is 13.6. The van der Waals surface area contributed by atoms with Crippen LogP contribution in [-0.2, 0) is 0 Å². The van der Waals surface area contributed by atoms with E-state index in [0.717, 1.165) is 25.0 Å². The van der Waals surface area contributed by atoms with Gasteiger partial charge in [-0.2, -0.15) is 0 Å². The average molecular weight is 319 g/mol. The zero-order valence-corrected chi connectivity index (χ0v) is 12.3. The van der Waals surface area contributed by atoms with Crippen molar-refractivity contribution in [3.8, 4) is 0 Å². The Morgan fingerprint density at radius 2 is 2.10 bits per heavy atom. The van der Waals surface area contributed by atoms with E-state index in [0.29, 0.717) is 12.5 Å². The highest BCUT2D eigenvalue weighted by molar-refractivity contribution is 6.03. The normalized spacial score (nSPS) is 14.1. The Morgan fingerprint density at radius 1 is 1.38 bits per heavy atom. The fourth-order valence-electron chi connectivity index (χ4n) is 1.52. The van der Waals surface area contributed by atoms with Crippen LogP contribution in [0.15, 0.2) is 23.2 Å². The number of anilines is 1. The first-order valence-electron chi connectivity index (χ1n) is 6.33. The van der Waals surface area contributed by atoms with Crippen molar-refractivity contribution in [3.63, 3.8) is 0 Å². The van der Waals surface area contributed by atoms with E-state index in [1.54, 1.807) is 0 Å². The summed E-state index contributed by atoms with van der Waals surface area (Å²) in [7, 11) is 1.46. The van der Waals surface area contributed by atoms with Crippen molar-refractivity contribution in [3.05, 3.63) is 29.8 Å². The predicted octanol–water partition coefficient (Wildman–Crippen LogP) is 2.49. The van der Waals surface area contributed by atoms with Crippen LogP contribution in [0, 0.1) is 17.6 Å². The molecule has 2 amide bonds. The summed E-state index contributed by atoms with van der Waals surface area (Å²) < 4.78 is 26.4. The van der Waals surface area contributed by atoms with Gasteiger partial charge < -0.3 is 10.6 Å². The second-order valence-electron chi connectivity index (χ2n) is 4.59. The summed E-state index contributed by atoms with van der Waals surface area (Å²) in [6.45, 7) is 0.565. The van der Waals surface area contributed by atoms with Crippen LogP contribution in [0.2, 0.25) is 0 Å². The van der Waals surface area contributed by atoms with Crippen molar-refractivity contribution < 1.29 is 13.6 Å². The highest BCUT2D eigenvalue weighted by Gasteiger charge is 2.21. The van der Waals surface area contributed by atoms with E-state index in [4.69, 9.17) is 0 Å². The van der Waals surface area contributed by atoms with Gasteiger partial charge in [0, 0.05) is 19.7 Å². The Kier molecular flexibility index (Phi) is 6.36. The molecule has 8 heteroatoms. The molecule has 5 nitrogen and oxygen atoms in total. The summed E-state index contributed by atoms with van der Waals surface area (Å²) in [5.74, 6) is -0.746. The molecule has 116 valence electrons. The third-order valence-corrected chi connectivity index (χ3v) is 2.85. The van der Waals surface area contributed by atoms with Crippen LogP contribution in [0.5, 0.6) is 0 Å². The molecule has 0 radical (unpaired) electrons. The van der Waals surface area contributed by atoms with Gasteiger partial charge in [0.25, 0.3) is 0 Å². The smallest absolute Gasteiger partial charge is 0.321 e. The van der Waals surface area contributed by atoms with Crippen molar-refractivity contribution in [2.24, 2.45) is 10.9 Å². The van der Waals surface area contributed by atoms with E-state index in [1.165, 1.54) is 13.1 Å². The van der Waals surface area contributed by atoms with Gasteiger partial charge in [-0.1, -0.05) is 0 Å². The van der Waals surface area contributed by atoms with E-state index in [2.05, 4.69) is 20.9 Å². The SMILES string of the molecule is CNC(=O)NC(=NCC1CC1)Nc1ccc(F)cc1F.Cl. The molecule has 1 aliphatic carbocycles. The highest BCUT2D eigenvalue weighted by atomic mass is 35.5. The molecule has 3 N–H and O–H groups in total. The minimum absolute atomic E-state index is 0. The van der Waals surface area contributed by atoms with E-state index < -0.39 is 17.7 Å². The number of benzene rings is 1. The molecule has 1 aliphatic rings. The minimum atomic E-state index is -0.747. The number of rotatable bonds is 3. The number of carbonyl (C=O) groups is 1. The Hall–Kier alpha value is -1.89. The second kappa shape index (κ2) is 7.78. The van der Waals surface area contributed by atoms with E-state index in [-0.39, 0.29) is 24.1 Å². The molecule has 0 spiro atoms. The number of guanidine groups is 1. The number of hydrogen-bond acceptors (Lipinski definition) is 2. The number of urea groups is 1. The first-order valence-corrected chi connectivity index (χ1v) is 6.33. The Balaban J connectivity index is 0.00000220. The first-order chi connectivity index (χ1) is 9.58. The molecule has 2 rings (SSSR count). The van der Waals surface area contributed by atoms with Crippen molar-refractivity contribution in [1.29, 1.82) is 0 Å². The Morgan fingerprint density at radius 3 is 2.67 bits per heavy atom. The van der Waals surface area contributed by atoms with Crippen molar-refractivity contribution >= 4 is 30.1 Å². The van der Waals surface area contributed by atoms with Gasteiger partial charge >= 0.3 is 6.03 Å². The average Bonchev–Trinajstić information content (AvgIpc) is 3.23. The van der Waals surface area contributed by atoms with E-state index in [9.17, 15) is 13.6 Å². The van der Waals surface area contributed by atoms with Crippen molar-refractivity contribution in [1.82, 2.24) is 10.6 Å². The third-order valence-electron chi connectivity index (χ3n) is 2.85. The standard InChI is InChI=1S/C13H16F2N4O.ClH/c1-16-13(20)19-12(17-7-8-2-3-8)18-11-5-4-9(14)6-10(11)15;/h4-6,8H,2-3,7H2,1H3,(H3,16,17,18,19,20);1H. The molecule has 1 saturated carbocycles. The zero-order chi connectivity index (χ0) is 14.5. The van der Waals surface area contributed by atoms with Crippen molar-refractivity contribution in [2.45, 2.75) is 12.8 Å². The lowest BCUT2D eigenvalue weighted by Crippen LogP contribution is -2.41. The number of nitrogens with zero attached hydrogens (tertiary/aromatic N) is 1. The minimum Gasteiger partial charge on any atom is -0.341 e. The van der Waals surface area contributed by atoms with Crippen molar-refractivity contribution in [2.75, 3.05) is 18.9 Å². The maximum Gasteiger partial charge on any atom is 0.321 e. The van der Waals surface area contributed by atoms with Crippen LogP contribution in [0.25, 0.3) is 0 Å². The van der Waals surface area contributed by atoms with Gasteiger partial charge in [-0.05, 0) is 30.9 Å². The molecule has 1 aromatic rings. The molecule has 0 aliphatic heterocycles. The Labute approximate surface area is 127 Å². The maximum atomic E-state index is 13.6. The van der Waals surface area contributed by atoms with Gasteiger partial charge in [0.1, 0.15) is 11.6 Å². The second-order valence-corrected chi connectivity index (χ2v) is 4.59. The van der Waals surface area contributed by atoms with E-state index >= 15 is 0 Å². The molecule has 0 saturated heterocycles. The summed E-state index contributed by atoms with van der Waals surface area (Å²) in [6.07, 6.45) is 2.23. The van der Waals surface area contributed by atoms with Gasteiger partial charge in [0.2, 0.25) is 5.96 Å². The summed E-state index contributed by atoms with van der Waals surface area (Å²) in [4.78, 5) is 15.5. The number of nitrogens with one attached hydrogen (secondary N) is 3. The fourth-order valence-corrected chi connectivity index (χ4v) is 1.52. The number of carbonyl (C=O) groups excluding carboxylic acids is 1. The molecular formula is C13H17ClF2N4O. The van der Waals surface area contributed by atoms with Gasteiger partial charge in [0.05, 0.1) is 5.69 Å². The summed E-state index contributed by atoms with van der Waals surface area (Å²) >= 11 is 0. The molecule has 0 bridgehead atoms. The molecule has 21 heavy (non-hydrogen) atoms. The van der Waals surface area contributed by atoms with Crippen LogP contribution in [0.1, 0.15) is 12.8 Å². The number of hydrogen-bond donors (Lipinski definition) is 3. The first kappa shape index (κ1) is 17.2. The van der Waals surface area contributed by atoms with Gasteiger partial charge in [0.15, 0.2) is 0 Å². The number of amides is 2. The Bertz CT molecular complexity index is 535. The largest absolute Gasteiger partial charge is 0.341 e. The van der Waals surface area contributed by atoms with Gasteiger partial charge in [-0.3, -0.25) is 10.3 Å². The fraction of sp³-hybridized carbons (Fsp3) is 0.385. The number of halogens is 3. The molecule has 1 aromatic carbocycles. The van der Waals surface area contributed by atoms with Crippen LogP contribution in [-0.4, -0.2) is 25.6 Å². The quantitative estimate of drug-likeness (QED) is 0.592. The topological polar surface area (TPSA) is 65.5 Å². The molecule has 0 unspecified atom stereocenters. The molecule has 0 heterocycles. The van der Waals surface area contributed by atoms with Gasteiger partial charge in [-0.15, -0.1) is 12.4 Å². The molecular weight excluding hydrogens is 302 g/mol. The molecule has 0 aromatic heterocycles. The third kappa shape index (κ3) is 5.55. The van der Waals surface area contributed by atoms with Crippen LogP contribution in [0.4, 0.5) is 19.3 Å². The monoisotopic (exact) mass is 318 g/mol. The van der Waals surface area contributed by atoms with Crippen LogP contribution >= 0.6 is 12.4 Å². The lowest BCUT2D eigenvalue weighted by molar-refractivity contribution is 0.247. The number of aliphatic imine (C=N–C) groups is 1. The lowest BCUT2D eigenvalue weighted by Gasteiger charge is -2.12. The van der Waals surface area contributed by atoms with Crippen LogP contribution < -0.4 is 16.0 Å². The predicted molar refractivity (Wildman–Crippen MR) is 79.8 cm³/mol. The molecule has 0 atom stereocenters. The van der Waals surface area contributed by atoms with Gasteiger partial charge in [-0.25, -0.2) is 13.6 Å². The van der Waals surface area contributed by atoms with E-state index in [1.807, 2.05) is 0 Å². The summed E-state index contributed by atoms with van der Waals surface area (Å²) in [6, 6.07) is 2.68. The molecule has 1 fully saturated rings. The van der Waals surface area contributed by atoms with Crippen LogP contribution in [0.3, 0.4) is 0 Å². The summed E-state index contributed by atoms with van der Waals surface area (Å²) in [5.41, 5.74) is 0.0531. The zero-order valence-electron chi connectivity index (χ0n) is 11.5. The highest BCUT2D eigenvalue weighted by Crippen LogP contribution is 2.28. The summed E-state index contributed by atoms with van der Waals surface area (Å²) in [5, 5.41) is 7.51.